The second-order valence-corrected chi connectivity index (χ2v) is 5.84. The van der Waals surface area contributed by atoms with Gasteiger partial charge in [-0.05, 0) is 32.9 Å². The predicted octanol–water partition coefficient (Wildman–Crippen LogP) is 2.25. The van der Waals surface area contributed by atoms with E-state index in [0.717, 1.165) is 13.0 Å². The quantitative estimate of drug-likeness (QED) is 0.773. The molecule has 0 bridgehead atoms. The van der Waals surface area contributed by atoms with Gasteiger partial charge in [0.2, 0.25) is 0 Å². The molecule has 1 aliphatic carbocycles. The van der Waals surface area contributed by atoms with E-state index in [-0.39, 0.29) is 6.10 Å². The van der Waals surface area contributed by atoms with Crippen molar-refractivity contribution in [1.29, 1.82) is 0 Å². The van der Waals surface area contributed by atoms with Crippen LogP contribution in [0.4, 0.5) is 0 Å². The smallest absolute Gasteiger partial charge is 0.0705 e. The molecule has 84 valence electrons. The molecule has 0 aromatic carbocycles. The lowest BCUT2D eigenvalue weighted by Crippen LogP contribution is -2.37. The third kappa shape index (κ3) is 3.87. The van der Waals surface area contributed by atoms with Crippen LogP contribution in [0.1, 0.15) is 32.1 Å². The first-order chi connectivity index (χ1) is 6.61. The number of hydrogen-bond donors (Lipinski definition) is 1. The Labute approximate surface area is 95.8 Å². The average molecular weight is 264 g/mol. The predicted molar refractivity (Wildman–Crippen MR) is 63.9 cm³/mol. The molecule has 0 spiro atoms. The summed E-state index contributed by atoms with van der Waals surface area (Å²) in [5.41, 5.74) is 0. The van der Waals surface area contributed by atoms with Gasteiger partial charge in [0.25, 0.3) is 0 Å². The van der Waals surface area contributed by atoms with Crippen LogP contribution in [0.25, 0.3) is 0 Å². The van der Waals surface area contributed by atoms with Gasteiger partial charge in [-0.3, -0.25) is 0 Å². The van der Waals surface area contributed by atoms with Crippen molar-refractivity contribution in [1.82, 2.24) is 4.90 Å². The Morgan fingerprint density at radius 3 is 2.50 bits per heavy atom. The van der Waals surface area contributed by atoms with Crippen LogP contribution in [0.3, 0.4) is 0 Å². The van der Waals surface area contributed by atoms with E-state index >= 15 is 0 Å². The summed E-state index contributed by atoms with van der Waals surface area (Å²) in [5, 5.41) is 10.1. The molecule has 1 N–H and O–H groups in total. The highest BCUT2D eigenvalue weighted by molar-refractivity contribution is 9.09. The second kappa shape index (κ2) is 6.09. The minimum Gasteiger partial charge on any atom is -0.392 e. The summed E-state index contributed by atoms with van der Waals surface area (Å²) >= 11 is 3.60. The van der Waals surface area contributed by atoms with E-state index in [0.29, 0.717) is 10.7 Å². The molecule has 3 atom stereocenters. The first kappa shape index (κ1) is 12.5. The van der Waals surface area contributed by atoms with Crippen molar-refractivity contribution >= 4 is 15.9 Å². The van der Waals surface area contributed by atoms with Gasteiger partial charge in [0.15, 0.2) is 0 Å². The van der Waals surface area contributed by atoms with Crippen molar-refractivity contribution < 1.29 is 5.11 Å². The normalized spacial score (nSPS) is 35.4. The number of hydrogen-bond acceptors (Lipinski definition) is 2. The van der Waals surface area contributed by atoms with Crippen LogP contribution in [-0.4, -0.2) is 41.6 Å². The molecule has 1 saturated carbocycles. The van der Waals surface area contributed by atoms with Gasteiger partial charge in [-0.2, -0.15) is 0 Å². The maximum absolute atomic E-state index is 10.1. The average Bonchev–Trinajstić information content (AvgIpc) is 2.11. The first-order valence-corrected chi connectivity index (χ1v) is 6.49. The van der Waals surface area contributed by atoms with Crippen LogP contribution in [0.2, 0.25) is 0 Å². The van der Waals surface area contributed by atoms with E-state index in [2.05, 4.69) is 34.9 Å². The minimum atomic E-state index is -0.169. The number of aliphatic hydroxyl groups excluding tert-OH is 1. The monoisotopic (exact) mass is 263 g/mol. The van der Waals surface area contributed by atoms with Gasteiger partial charge in [-0.1, -0.05) is 35.2 Å². The molecule has 3 heteroatoms. The topological polar surface area (TPSA) is 23.5 Å². The highest BCUT2D eigenvalue weighted by atomic mass is 79.9. The van der Waals surface area contributed by atoms with E-state index in [1.54, 1.807) is 0 Å². The largest absolute Gasteiger partial charge is 0.392 e. The lowest BCUT2D eigenvalue weighted by Gasteiger charge is -2.31. The van der Waals surface area contributed by atoms with Gasteiger partial charge in [0, 0.05) is 11.4 Å². The molecule has 14 heavy (non-hydrogen) atoms. The lowest BCUT2D eigenvalue weighted by molar-refractivity contribution is 0.0753. The van der Waals surface area contributed by atoms with Gasteiger partial charge in [0.05, 0.1) is 6.10 Å². The number of rotatable bonds is 2. The SMILES string of the molecule is CN(C)C[C@H]1CCCCC[C@@H](Br)[C@@H]1O. The summed E-state index contributed by atoms with van der Waals surface area (Å²) in [5.74, 6) is 0.440. The Morgan fingerprint density at radius 2 is 1.86 bits per heavy atom. The minimum absolute atomic E-state index is 0.169. The van der Waals surface area contributed by atoms with Crippen LogP contribution in [0.5, 0.6) is 0 Å². The maximum atomic E-state index is 10.1. The van der Waals surface area contributed by atoms with Crippen molar-refractivity contribution in [2.45, 2.75) is 43.0 Å². The summed E-state index contributed by atoms with van der Waals surface area (Å²) in [6, 6.07) is 0. The fraction of sp³-hybridized carbons (Fsp3) is 1.00. The Kier molecular flexibility index (Phi) is 5.42. The molecule has 0 amide bonds. The van der Waals surface area contributed by atoms with Gasteiger partial charge < -0.3 is 10.0 Å². The summed E-state index contributed by atoms with van der Waals surface area (Å²) in [6.45, 7) is 1.00. The highest BCUT2D eigenvalue weighted by Gasteiger charge is 2.27. The number of nitrogens with zero attached hydrogens (tertiary/aromatic N) is 1. The van der Waals surface area contributed by atoms with Crippen LogP contribution < -0.4 is 0 Å². The molecular weight excluding hydrogens is 242 g/mol. The summed E-state index contributed by atoms with van der Waals surface area (Å²) < 4.78 is 0. The van der Waals surface area contributed by atoms with E-state index in [4.69, 9.17) is 0 Å². The maximum Gasteiger partial charge on any atom is 0.0705 e. The molecule has 1 rings (SSSR count). The molecule has 0 aliphatic heterocycles. The molecule has 2 nitrogen and oxygen atoms in total. The van der Waals surface area contributed by atoms with Crippen LogP contribution in [0.15, 0.2) is 0 Å². The fourth-order valence-electron chi connectivity index (χ4n) is 2.23. The van der Waals surface area contributed by atoms with Crippen molar-refractivity contribution in [2.24, 2.45) is 5.92 Å². The molecule has 0 unspecified atom stereocenters. The standard InChI is InChI=1S/C11H22BrNO/c1-13(2)8-9-6-4-3-5-7-10(12)11(9)14/h9-11,14H,3-8H2,1-2H3/t9-,10-,11-/m1/s1. The second-order valence-electron chi connectivity index (χ2n) is 4.67. The Morgan fingerprint density at radius 1 is 1.21 bits per heavy atom. The molecule has 0 aromatic rings. The van der Waals surface area contributed by atoms with Crippen LogP contribution in [-0.2, 0) is 0 Å². The van der Waals surface area contributed by atoms with Crippen molar-refractivity contribution in [3.05, 3.63) is 0 Å². The molecule has 1 fully saturated rings. The van der Waals surface area contributed by atoms with Gasteiger partial charge in [0.1, 0.15) is 0 Å². The third-order valence-corrected chi connectivity index (χ3v) is 4.01. The highest BCUT2D eigenvalue weighted by Crippen LogP contribution is 2.27. The van der Waals surface area contributed by atoms with Crippen LogP contribution in [0, 0.1) is 5.92 Å². The van der Waals surface area contributed by atoms with Crippen molar-refractivity contribution in [3.63, 3.8) is 0 Å². The molecule has 1 aliphatic rings. The van der Waals surface area contributed by atoms with E-state index < -0.39 is 0 Å². The van der Waals surface area contributed by atoms with Gasteiger partial charge in [-0.25, -0.2) is 0 Å². The fourth-order valence-corrected chi connectivity index (χ4v) is 2.98. The van der Waals surface area contributed by atoms with Gasteiger partial charge >= 0.3 is 0 Å². The van der Waals surface area contributed by atoms with Crippen molar-refractivity contribution in [3.8, 4) is 0 Å². The summed E-state index contributed by atoms with van der Waals surface area (Å²) in [4.78, 5) is 2.47. The number of aliphatic hydroxyl groups is 1. The zero-order valence-corrected chi connectivity index (χ0v) is 10.8. The molecule has 0 heterocycles. The van der Waals surface area contributed by atoms with Gasteiger partial charge in [-0.15, -0.1) is 0 Å². The molecular formula is C11H22BrNO. The third-order valence-electron chi connectivity index (χ3n) is 3.01. The zero-order chi connectivity index (χ0) is 10.6. The van der Waals surface area contributed by atoms with E-state index in [1.165, 1.54) is 25.7 Å². The molecule has 0 radical (unpaired) electrons. The Balaban J connectivity index is 2.50. The van der Waals surface area contributed by atoms with Crippen LogP contribution >= 0.6 is 15.9 Å². The number of halogens is 1. The Hall–Kier alpha value is 0.400. The summed E-state index contributed by atoms with van der Waals surface area (Å²) in [7, 11) is 4.16. The lowest BCUT2D eigenvalue weighted by atomic mass is 9.88. The van der Waals surface area contributed by atoms with E-state index in [1.807, 2.05) is 0 Å². The van der Waals surface area contributed by atoms with Crippen molar-refractivity contribution in [2.75, 3.05) is 20.6 Å². The molecule has 0 aromatic heterocycles. The van der Waals surface area contributed by atoms with E-state index in [9.17, 15) is 5.11 Å². The number of alkyl halides is 1. The summed E-state index contributed by atoms with van der Waals surface area (Å²) in [6.07, 6.45) is 5.96. The first-order valence-electron chi connectivity index (χ1n) is 5.58. The molecule has 0 saturated heterocycles. The Bertz CT molecular complexity index is 163. The zero-order valence-electron chi connectivity index (χ0n) is 9.25.